The van der Waals surface area contributed by atoms with Crippen molar-refractivity contribution >= 4 is 44.0 Å². The maximum Gasteiger partial charge on any atom is 0.234 e. The molecule has 2 aromatic rings. The van der Waals surface area contributed by atoms with Gasteiger partial charge in [0.2, 0.25) is 5.91 Å². The predicted octanol–water partition coefficient (Wildman–Crippen LogP) is 3.63. The number of benzene rings is 2. The Bertz CT molecular complexity index is 1170. The first-order valence-electron chi connectivity index (χ1n) is 10.3. The van der Waals surface area contributed by atoms with Crippen LogP contribution in [0.4, 0.5) is 11.4 Å². The highest BCUT2D eigenvalue weighted by Gasteiger charge is 2.47. The fourth-order valence-electron chi connectivity index (χ4n) is 4.19. The second-order valence-electron chi connectivity index (χ2n) is 8.37. The zero-order chi connectivity index (χ0) is 22.3. The summed E-state index contributed by atoms with van der Waals surface area (Å²) < 4.78 is 24.5. The zero-order valence-electron chi connectivity index (χ0n) is 18.2. The SMILES string of the molecule is Cc1ccc(N2C(SCC(=O)Nc3cccc(C)c3C)=N[C@H]3CS(=O)(=O)C[C@@H]32)c(C)c1. The van der Waals surface area contributed by atoms with Gasteiger partial charge in [-0.3, -0.25) is 9.79 Å². The fourth-order valence-corrected chi connectivity index (χ4v) is 6.95. The van der Waals surface area contributed by atoms with Crippen molar-refractivity contribution in [2.75, 3.05) is 27.5 Å². The number of sulfone groups is 1. The first kappa shape index (κ1) is 21.9. The van der Waals surface area contributed by atoms with Crippen LogP contribution in [0.15, 0.2) is 41.4 Å². The summed E-state index contributed by atoms with van der Waals surface area (Å²) in [6.45, 7) is 8.06. The number of amidine groups is 1. The lowest BCUT2D eigenvalue weighted by atomic mass is 10.1. The number of aliphatic imine (C=N–C) groups is 1. The van der Waals surface area contributed by atoms with Crippen LogP contribution >= 0.6 is 11.8 Å². The van der Waals surface area contributed by atoms with Crippen LogP contribution in [0, 0.1) is 27.7 Å². The molecule has 0 aromatic heterocycles. The summed E-state index contributed by atoms with van der Waals surface area (Å²) in [4.78, 5) is 19.4. The smallest absolute Gasteiger partial charge is 0.234 e. The van der Waals surface area contributed by atoms with Gasteiger partial charge in [0, 0.05) is 11.4 Å². The maximum absolute atomic E-state index is 12.6. The first-order valence-corrected chi connectivity index (χ1v) is 13.1. The average molecular weight is 458 g/mol. The molecular weight excluding hydrogens is 430 g/mol. The molecule has 0 radical (unpaired) electrons. The molecule has 2 aliphatic heterocycles. The van der Waals surface area contributed by atoms with Gasteiger partial charge in [0.25, 0.3) is 0 Å². The van der Waals surface area contributed by atoms with Crippen LogP contribution in [-0.2, 0) is 14.6 Å². The van der Waals surface area contributed by atoms with E-state index in [1.807, 2.05) is 62.9 Å². The molecule has 164 valence electrons. The summed E-state index contributed by atoms with van der Waals surface area (Å²) in [5.41, 5.74) is 6.16. The number of anilines is 2. The first-order chi connectivity index (χ1) is 14.6. The topological polar surface area (TPSA) is 78.8 Å². The zero-order valence-corrected chi connectivity index (χ0v) is 19.8. The summed E-state index contributed by atoms with van der Waals surface area (Å²) in [7, 11) is -3.11. The summed E-state index contributed by atoms with van der Waals surface area (Å²) in [5.74, 6) is 0.261. The lowest BCUT2D eigenvalue weighted by Gasteiger charge is -2.28. The van der Waals surface area contributed by atoms with E-state index in [-0.39, 0.29) is 35.2 Å². The lowest BCUT2D eigenvalue weighted by molar-refractivity contribution is -0.113. The average Bonchev–Trinajstić information content (AvgIpc) is 3.15. The number of rotatable bonds is 4. The van der Waals surface area contributed by atoms with Gasteiger partial charge in [0.1, 0.15) is 0 Å². The molecule has 2 aliphatic rings. The highest BCUT2D eigenvalue weighted by molar-refractivity contribution is 8.14. The number of carbonyl (C=O) groups excluding carboxylic acids is 1. The van der Waals surface area contributed by atoms with Gasteiger partial charge in [-0.25, -0.2) is 8.42 Å². The van der Waals surface area contributed by atoms with Crippen molar-refractivity contribution in [2.45, 2.75) is 39.8 Å². The third kappa shape index (κ3) is 4.50. The number of hydrogen-bond acceptors (Lipinski definition) is 6. The van der Waals surface area contributed by atoms with Crippen molar-refractivity contribution in [1.29, 1.82) is 0 Å². The third-order valence-electron chi connectivity index (χ3n) is 5.93. The highest BCUT2D eigenvalue weighted by atomic mass is 32.2. The Morgan fingerprint density at radius 2 is 1.90 bits per heavy atom. The normalized spacial score (nSPS) is 21.7. The van der Waals surface area contributed by atoms with Crippen molar-refractivity contribution in [3.63, 3.8) is 0 Å². The molecule has 2 heterocycles. The number of hydrogen-bond donors (Lipinski definition) is 1. The molecule has 1 amide bonds. The van der Waals surface area contributed by atoms with E-state index in [9.17, 15) is 13.2 Å². The Hall–Kier alpha value is -2.32. The molecule has 0 bridgehead atoms. The van der Waals surface area contributed by atoms with Gasteiger partial charge in [-0.15, -0.1) is 0 Å². The van der Waals surface area contributed by atoms with E-state index in [0.29, 0.717) is 5.17 Å². The second-order valence-corrected chi connectivity index (χ2v) is 11.5. The van der Waals surface area contributed by atoms with Crippen molar-refractivity contribution in [3.8, 4) is 0 Å². The van der Waals surface area contributed by atoms with Crippen LogP contribution in [0.5, 0.6) is 0 Å². The number of nitrogens with one attached hydrogen (secondary N) is 1. The number of thioether (sulfide) groups is 1. The minimum atomic E-state index is -3.11. The Kier molecular flexibility index (Phi) is 5.87. The summed E-state index contributed by atoms with van der Waals surface area (Å²) >= 11 is 1.36. The number of carbonyl (C=O) groups is 1. The van der Waals surface area contributed by atoms with Crippen LogP contribution < -0.4 is 10.2 Å². The van der Waals surface area contributed by atoms with Crippen LogP contribution in [0.1, 0.15) is 22.3 Å². The van der Waals surface area contributed by atoms with E-state index < -0.39 is 9.84 Å². The van der Waals surface area contributed by atoms with Crippen LogP contribution in [-0.4, -0.2) is 48.8 Å². The molecule has 0 unspecified atom stereocenters. The predicted molar refractivity (Wildman–Crippen MR) is 129 cm³/mol. The van der Waals surface area contributed by atoms with Gasteiger partial charge < -0.3 is 10.2 Å². The molecule has 1 saturated heterocycles. The molecule has 0 aliphatic carbocycles. The molecule has 2 atom stereocenters. The van der Waals surface area contributed by atoms with Crippen molar-refractivity contribution in [1.82, 2.24) is 0 Å². The highest BCUT2D eigenvalue weighted by Crippen LogP contribution is 2.36. The molecule has 31 heavy (non-hydrogen) atoms. The monoisotopic (exact) mass is 457 g/mol. The number of nitrogens with zero attached hydrogens (tertiary/aromatic N) is 2. The van der Waals surface area contributed by atoms with Crippen molar-refractivity contribution in [3.05, 3.63) is 58.7 Å². The van der Waals surface area contributed by atoms with Crippen LogP contribution in [0.3, 0.4) is 0 Å². The Morgan fingerprint density at radius 1 is 1.13 bits per heavy atom. The molecule has 0 saturated carbocycles. The molecule has 0 spiro atoms. The Balaban J connectivity index is 1.54. The van der Waals surface area contributed by atoms with Crippen LogP contribution in [0.25, 0.3) is 0 Å². The molecule has 4 rings (SSSR count). The Morgan fingerprint density at radius 3 is 2.65 bits per heavy atom. The minimum absolute atomic E-state index is 0.0673. The number of aryl methyl sites for hydroxylation is 3. The molecule has 2 aromatic carbocycles. The molecule has 1 N–H and O–H groups in total. The second kappa shape index (κ2) is 8.31. The lowest BCUT2D eigenvalue weighted by Crippen LogP contribution is -2.39. The van der Waals surface area contributed by atoms with E-state index in [1.165, 1.54) is 11.8 Å². The maximum atomic E-state index is 12.6. The van der Waals surface area contributed by atoms with Gasteiger partial charge in [-0.2, -0.15) is 0 Å². The summed E-state index contributed by atoms with van der Waals surface area (Å²) in [5, 5.41) is 3.70. The van der Waals surface area contributed by atoms with Gasteiger partial charge in [0.05, 0.1) is 29.3 Å². The van der Waals surface area contributed by atoms with Gasteiger partial charge >= 0.3 is 0 Å². The van der Waals surface area contributed by atoms with E-state index in [1.54, 1.807) is 0 Å². The van der Waals surface area contributed by atoms with Crippen molar-refractivity contribution < 1.29 is 13.2 Å². The standard InChI is InChI=1S/C23H27N3O3S2/c1-14-8-9-20(16(3)10-14)26-21-13-31(28,29)12-19(21)25-23(26)30-11-22(27)24-18-7-5-6-15(2)17(18)4/h5-10,19,21H,11-13H2,1-4H3,(H,24,27)/t19-,21-/m0/s1. The van der Waals surface area contributed by atoms with Crippen LogP contribution in [0.2, 0.25) is 0 Å². The molecule has 1 fully saturated rings. The molecule has 6 nitrogen and oxygen atoms in total. The summed E-state index contributed by atoms with van der Waals surface area (Å²) in [6, 6.07) is 11.5. The van der Waals surface area contributed by atoms with E-state index in [4.69, 9.17) is 4.99 Å². The van der Waals surface area contributed by atoms with E-state index in [0.717, 1.165) is 33.6 Å². The minimum Gasteiger partial charge on any atom is -0.325 e. The summed E-state index contributed by atoms with van der Waals surface area (Å²) in [6.07, 6.45) is 0. The number of amides is 1. The number of fused-ring (bicyclic) bond motifs is 1. The largest absolute Gasteiger partial charge is 0.325 e. The van der Waals surface area contributed by atoms with Gasteiger partial charge in [-0.1, -0.05) is 41.6 Å². The molecule has 8 heteroatoms. The van der Waals surface area contributed by atoms with E-state index in [2.05, 4.69) is 11.4 Å². The van der Waals surface area contributed by atoms with Gasteiger partial charge in [0.15, 0.2) is 15.0 Å². The van der Waals surface area contributed by atoms with Gasteiger partial charge in [-0.05, 0) is 56.5 Å². The quantitative estimate of drug-likeness (QED) is 0.758. The fraction of sp³-hybridized carbons (Fsp3) is 0.391. The Labute approximate surface area is 188 Å². The van der Waals surface area contributed by atoms with Crippen molar-refractivity contribution in [2.24, 2.45) is 4.99 Å². The van der Waals surface area contributed by atoms with E-state index >= 15 is 0 Å². The molecular formula is C23H27N3O3S2. The third-order valence-corrected chi connectivity index (χ3v) is 8.60.